The normalized spacial score (nSPS) is 12.0. The first-order valence-electron chi connectivity index (χ1n) is 9.24. The summed E-state index contributed by atoms with van der Waals surface area (Å²) in [5, 5.41) is 2.21. The third-order valence-electron chi connectivity index (χ3n) is 4.35. The van der Waals surface area contributed by atoms with E-state index in [1.807, 2.05) is 79.7 Å². The van der Waals surface area contributed by atoms with Crippen molar-refractivity contribution in [2.24, 2.45) is 0 Å². The molecular weight excluding hydrogens is 352 g/mol. The number of carbonyl (C=O) groups excluding carboxylic acids is 2. The minimum Gasteiger partial charge on any atom is -0.458 e. The average molecular weight is 374 g/mol. The molecule has 0 aromatic heterocycles. The van der Waals surface area contributed by atoms with Gasteiger partial charge in [0.15, 0.2) is 0 Å². The molecule has 28 heavy (non-hydrogen) atoms. The molecule has 0 bridgehead atoms. The third kappa shape index (κ3) is 5.30. The van der Waals surface area contributed by atoms with Gasteiger partial charge in [-0.1, -0.05) is 73.7 Å². The Kier molecular flexibility index (Phi) is 6.58. The zero-order chi connectivity index (χ0) is 19.8. The summed E-state index contributed by atoms with van der Waals surface area (Å²) in [7, 11) is 0. The van der Waals surface area contributed by atoms with E-state index in [1.54, 1.807) is 0 Å². The fraction of sp³-hybridized carbons (Fsp3) is 0.167. The SMILES string of the molecule is CCC(OC(=O)/C=C/C(=O)OCc1ccc2ccccc2c1)c1ccccc1. The lowest BCUT2D eigenvalue weighted by molar-refractivity contribution is -0.144. The molecule has 0 saturated heterocycles. The second kappa shape index (κ2) is 9.51. The van der Waals surface area contributed by atoms with E-state index in [2.05, 4.69) is 0 Å². The summed E-state index contributed by atoms with van der Waals surface area (Å²) < 4.78 is 10.6. The highest BCUT2D eigenvalue weighted by molar-refractivity contribution is 5.91. The van der Waals surface area contributed by atoms with E-state index >= 15 is 0 Å². The van der Waals surface area contributed by atoms with Gasteiger partial charge in [0.25, 0.3) is 0 Å². The first kappa shape index (κ1) is 19.4. The van der Waals surface area contributed by atoms with Gasteiger partial charge in [-0.2, -0.15) is 0 Å². The van der Waals surface area contributed by atoms with Gasteiger partial charge in [-0.25, -0.2) is 9.59 Å². The monoisotopic (exact) mass is 374 g/mol. The lowest BCUT2D eigenvalue weighted by Gasteiger charge is -2.15. The van der Waals surface area contributed by atoms with E-state index in [1.165, 1.54) is 0 Å². The largest absolute Gasteiger partial charge is 0.458 e. The highest BCUT2D eigenvalue weighted by Gasteiger charge is 2.13. The number of benzene rings is 3. The highest BCUT2D eigenvalue weighted by Crippen LogP contribution is 2.21. The molecule has 0 saturated carbocycles. The van der Waals surface area contributed by atoms with Crippen LogP contribution in [0, 0.1) is 0 Å². The van der Waals surface area contributed by atoms with Crippen LogP contribution >= 0.6 is 0 Å². The summed E-state index contributed by atoms with van der Waals surface area (Å²) in [6.45, 7) is 2.08. The Morgan fingerprint density at radius 2 is 1.54 bits per heavy atom. The molecule has 0 radical (unpaired) electrons. The van der Waals surface area contributed by atoms with Gasteiger partial charge in [0, 0.05) is 12.2 Å². The van der Waals surface area contributed by atoms with E-state index in [-0.39, 0.29) is 12.7 Å². The molecular formula is C24H22O4. The molecule has 1 unspecified atom stereocenters. The number of carbonyl (C=O) groups is 2. The fourth-order valence-electron chi connectivity index (χ4n) is 2.90. The maximum atomic E-state index is 12.0. The molecule has 0 heterocycles. The average Bonchev–Trinajstić information content (AvgIpc) is 2.75. The molecule has 0 aliphatic rings. The molecule has 0 aliphatic carbocycles. The number of fused-ring (bicyclic) bond motifs is 1. The quantitative estimate of drug-likeness (QED) is 0.425. The van der Waals surface area contributed by atoms with Crippen molar-refractivity contribution < 1.29 is 19.1 Å². The lowest BCUT2D eigenvalue weighted by atomic mass is 10.1. The van der Waals surface area contributed by atoms with Crippen molar-refractivity contribution in [1.29, 1.82) is 0 Å². The molecule has 4 nitrogen and oxygen atoms in total. The zero-order valence-electron chi connectivity index (χ0n) is 15.7. The summed E-state index contributed by atoms with van der Waals surface area (Å²) in [6, 6.07) is 23.4. The topological polar surface area (TPSA) is 52.6 Å². The Balaban J connectivity index is 1.51. The second-order valence-corrected chi connectivity index (χ2v) is 6.37. The van der Waals surface area contributed by atoms with Crippen LogP contribution in [0.2, 0.25) is 0 Å². The van der Waals surface area contributed by atoms with Crippen molar-refractivity contribution in [2.45, 2.75) is 26.1 Å². The number of ether oxygens (including phenoxy) is 2. The van der Waals surface area contributed by atoms with Crippen molar-refractivity contribution in [2.75, 3.05) is 0 Å². The van der Waals surface area contributed by atoms with E-state index in [0.29, 0.717) is 6.42 Å². The number of hydrogen-bond donors (Lipinski definition) is 0. The van der Waals surface area contributed by atoms with Crippen LogP contribution in [0.15, 0.2) is 84.9 Å². The van der Waals surface area contributed by atoms with Crippen LogP contribution in [0.1, 0.15) is 30.6 Å². The standard InChI is InChI=1S/C24H22O4/c1-2-22(20-9-4-3-5-10-20)28-24(26)15-14-23(25)27-17-18-12-13-19-8-6-7-11-21(19)16-18/h3-16,22H,2,17H2,1H3/b15-14+. The van der Waals surface area contributed by atoms with Crippen LogP contribution in [0.25, 0.3) is 10.8 Å². The maximum absolute atomic E-state index is 12.0. The Bertz CT molecular complexity index is 976. The summed E-state index contributed by atoms with van der Waals surface area (Å²) in [5.41, 5.74) is 1.81. The Morgan fingerprint density at radius 3 is 2.29 bits per heavy atom. The van der Waals surface area contributed by atoms with Crippen LogP contribution in [0.4, 0.5) is 0 Å². The predicted molar refractivity (Wildman–Crippen MR) is 108 cm³/mol. The van der Waals surface area contributed by atoms with E-state index in [9.17, 15) is 9.59 Å². The first-order chi connectivity index (χ1) is 13.7. The minimum atomic E-state index is -0.585. The summed E-state index contributed by atoms with van der Waals surface area (Å²) in [5.74, 6) is -1.16. The number of hydrogen-bond acceptors (Lipinski definition) is 4. The van der Waals surface area contributed by atoms with Gasteiger partial charge in [-0.15, -0.1) is 0 Å². The second-order valence-electron chi connectivity index (χ2n) is 6.37. The molecule has 0 spiro atoms. The molecule has 0 aliphatic heterocycles. The maximum Gasteiger partial charge on any atom is 0.331 e. The van der Waals surface area contributed by atoms with Crippen LogP contribution in [-0.2, 0) is 25.7 Å². The van der Waals surface area contributed by atoms with Crippen LogP contribution in [-0.4, -0.2) is 11.9 Å². The minimum absolute atomic E-state index is 0.144. The Hall–Kier alpha value is -3.40. The van der Waals surface area contributed by atoms with Gasteiger partial charge in [0.2, 0.25) is 0 Å². The van der Waals surface area contributed by atoms with Gasteiger partial charge < -0.3 is 9.47 Å². The zero-order valence-corrected chi connectivity index (χ0v) is 15.7. The van der Waals surface area contributed by atoms with E-state index in [0.717, 1.165) is 34.1 Å². The van der Waals surface area contributed by atoms with Crippen molar-refractivity contribution in [3.8, 4) is 0 Å². The molecule has 3 aromatic rings. The molecule has 0 amide bonds. The Morgan fingerprint density at radius 1 is 0.857 bits per heavy atom. The summed E-state index contributed by atoms with van der Waals surface area (Å²) in [6.07, 6.45) is 2.51. The molecule has 3 aromatic carbocycles. The Labute approximate surface area is 164 Å². The van der Waals surface area contributed by atoms with E-state index < -0.39 is 11.9 Å². The third-order valence-corrected chi connectivity index (χ3v) is 4.35. The molecule has 3 rings (SSSR count). The van der Waals surface area contributed by atoms with Crippen molar-refractivity contribution >= 4 is 22.7 Å². The fourth-order valence-corrected chi connectivity index (χ4v) is 2.90. The van der Waals surface area contributed by atoms with Gasteiger partial charge in [0.05, 0.1) is 0 Å². The van der Waals surface area contributed by atoms with Gasteiger partial charge in [0.1, 0.15) is 12.7 Å². The van der Waals surface area contributed by atoms with Crippen LogP contribution in [0.5, 0.6) is 0 Å². The van der Waals surface area contributed by atoms with Gasteiger partial charge in [-0.05, 0) is 34.4 Å². The summed E-state index contributed by atoms with van der Waals surface area (Å²) >= 11 is 0. The number of rotatable bonds is 7. The number of esters is 2. The van der Waals surface area contributed by atoms with Crippen LogP contribution in [0.3, 0.4) is 0 Å². The van der Waals surface area contributed by atoms with Gasteiger partial charge in [-0.3, -0.25) is 0 Å². The molecule has 4 heteroatoms. The molecule has 0 fully saturated rings. The van der Waals surface area contributed by atoms with Crippen molar-refractivity contribution in [3.05, 3.63) is 96.1 Å². The van der Waals surface area contributed by atoms with Gasteiger partial charge >= 0.3 is 11.9 Å². The predicted octanol–water partition coefficient (Wildman–Crippen LogP) is 5.13. The first-order valence-corrected chi connectivity index (χ1v) is 9.24. The lowest BCUT2D eigenvalue weighted by Crippen LogP contribution is -2.09. The van der Waals surface area contributed by atoms with Crippen molar-refractivity contribution in [1.82, 2.24) is 0 Å². The van der Waals surface area contributed by atoms with Crippen molar-refractivity contribution in [3.63, 3.8) is 0 Å². The smallest absolute Gasteiger partial charge is 0.331 e. The van der Waals surface area contributed by atoms with Crippen LogP contribution < -0.4 is 0 Å². The molecule has 0 N–H and O–H groups in total. The molecule has 142 valence electrons. The summed E-state index contributed by atoms with van der Waals surface area (Å²) in [4.78, 5) is 23.9. The highest BCUT2D eigenvalue weighted by atomic mass is 16.5. The molecule has 1 atom stereocenters. The van der Waals surface area contributed by atoms with E-state index in [4.69, 9.17) is 9.47 Å².